The molecule has 1 heterocycles. The monoisotopic (exact) mass is 275 g/mol. The standard InChI is InChI=1S/C12H13N5O3/c13-11-10(17(18)19)12(16-8-15-11)14-6-7-20-9-4-2-1-3-5-9/h1-5,8H,6-7H2,(H3,13,14,15,16). The van der Waals surface area contributed by atoms with Crippen molar-refractivity contribution in [2.75, 3.05) is 24.2 Å². The van der Waals surface area contributed by atoms with Crippen LogP contribution in [0.5, 0.6) is 5.75 Å². The summed E-state index contributed by atoms with van der Waals surface area (Å²) < 4.78 is 5.45. The van der Waals surface area contributed by atoms with Crippen molar-refractivity contribution in [1.82, 2.24) is 9.97 Å². The van der Waals surface area contributed by atoms with E-state index < -0.39 is 4.92 Å². The highest BCUT2D eigenvalue weighted by molar-refractivity contribution is 5.67. The highest BCUT2D eigenvalue weighted by Crippen LogP contribution is 2.25. The van der Waals surface area contributed by atoms with Crippen molar-refractivity contribution in [2.24, 2.45) is 0 Å². The number of nitrogens with two attached hydrogens (primary N) is 1. The molecular formula is C12H13N5O3. The van der Waals surface area contributed by atoms with Crippen molar-refractivity contribution in [3.8, 4) is 5.75 Å². The van der Waals surface area contributed by atoms with Gasteiger partial charge in [-0.2, -0.15) is 0 Å². The van der Waals surface area contributed by atoms with Gasteiger partial charge in [0.1, 0.15) is 18.7 Å². The van der Waals surface area contributed by atoms with Crippen LogP contribution in [0.3, 0.4) is 0 Å². The number of hydrogen-bond donors (Lipinski definition) is 2. The van der Waals surface area contributed by atoms with Gasteiger partial charge in [-0.15, -0.1) is 0 Å². The van der Waals surface area contributed by atoms with Crippen molar-refractivity contribution in [3.63, 3.8) is 0 Å². The zero-order chi connectivity index (χ0) is 14.4. The number of aromatic nitrogens is 2. The Bertz CT molecular complexity index is 591. The first-order valence-electron chi connectivity index (χ1n) is 5.85. The Hall–Kier alpha value is -2.90. The van der Waals surface area contributed by atoms with E-state index in [4.69, 9.17) is 10.5 Å². The summed E-state index contributed by atoms with van der Waals surface area (Å²) in [5, 5.41) is 13.7. The SMILES string of the molecule is Nc1ncnc(NCCOc2ccccc2)c1[N+](=O)[O-]. The molecule has 0 aliphatic carbocycles. The highest BCUT2D eigenvalue weighted by atomic mass is 16.6. The van der Waals surface area contributed by atoms with Crippen molar-refractivity contribution in [3.05, 3.63) is 46.8 Å². The fraction of sp³-hybridized carbons (Fsp3) is 0.167. The van der Waals surface area contributed by atoms with Gasteiger partial charge in [0.25, 0.3) is 0 Å². The Morgan fingerprint density at radius 3 is 2.75 bits per heavy atom. The number of nitrogens with one attached hydrogen (secondary N) is 1. The molecule has 8 heteroatoms. The molecule has 0 unspecified atom stereocenters. The molecule has 0 aliphatic rings. The summed E-state index contributed by atoms with van der Waals surface area (Å²) in [4.78, 5) is 17.7. The average Bonchev–Trinajstić information content (AvgIpc) is 2.44. The molecule has 2 aromatic rings. The summed E-state index contributed by atoms with van der Waals surface area (Å²) in [5.41, 5.74) is 5.13. The van der Waals surface area contributed by atoms with Crippen molar-refractivity contribution in [2.45, 2.75) is 0 Å². The number of ether oxygens (including phenoxy) is 1. The first-order valence-corrected chi connectivity index (χ1v) is 5.85. The van der Waals surface area contributed by atoms with Crippen LogP contribution in [0, 0.1) is 10.1 Å². The molecule has 20 heavy (non-hydrogen) atoms. The van der Waals surface area contributed by atoms with Gasteiger partial charge in [-0.05, 0) is 12.1 Å². The van der Waals surface area contributed by atoms with Gasteiger partial charge >= 0.3 is 5.69 Å². The van der Waals surface area contributed by atoms with Gasteiger partial charge in [0.15, 0.2) is 0 Å². The van der Waals surface area contributed by atoms with Gasteiger partial charge in [-0.25, -0.2) is 9.97 Å². The number of rotatable bonds is 6. The largest absolute Gasteiger partial charge is 0.492 e. The number of benzene rings is 1. The fourth-order valence-corrected chi connectivity index (χ4v) is 1.56. The predicted octanol–water partition coefficient (Wildman–Crippen LogP) is 1.46. The topological polar surface area (TPSA) is 116 Å². The first kappa shape index (κ1) is 13.5. The Kier molecular flexibility index (Phi) is 4.28. The van der Waals surface area contributed by atoms with Gasteiger partial charge in [0, 0.05) is 0 Å². The van der Waals surface area contributed by atoms with E-state index >= 15 is 0 Å². The van der Waals surface area contributed by atoms with E-state index in [1.54, 1.807) is 0 Å². The lowest BCUT2D eigenvalue weighted by Gasteiger charge is -2.08. The molecular weight excluding hydrogens is 262 g/mol. The highest BCUT2D eigenvalue weighted by Gasteiger charge is 2.20. The molecule has 2 rings (SSSR count). The van der Waals surface area contributed by atoms with E-state index in [0.717, 1.165) is 5.75 Å². The summed E-state index contributed by atoms with van der Waals surface area (Å²) >= 11 is 0. The second-order valence-corrected chi connectivity index (χ2v) is 3.80. The van der Waals surface area contributed by atoms with E-state index in [2.05, 4.69) is 15.3 Å². The third-order valence-electron chi connectivity index (χ3n) is 2.44. The zero-order valence-electron chi connectivity index (χ0n) is 10.5. The molecule has 1 aromatic heterocycles. The molecule has 0 amide bonds. The minimum Gasteiger partial charge on any atom is -0.492 e. The summed E-state index contributed by atoms with van der Waals surface area (Å²) in [5.74, 6) is 0.640. The smallest absolute Gasteiger partial charge is 0.352 e. The molecule has 0 radical (unpaired) electrons. The minimum atomic E-state index is -0.615. The molecule has 0 atom stereocenters. The molecule has 3 N–H and O–H groups in total. The molecule has 104 valence electrons. The van der Waals surface area contributed by atoms with Crippen LogP contribution in [0.15, 0.2) is 36.7 Å². The average molecular weight is 275 g/mol. The fourth-order valence-electron chi connectivity index (χ4n) is 1.56. The van der Waals surface area contributed by atoms with Crippen LogP contribution >= 0.6 is 0 Å². The van der Waals surface area contributed by atoms with Crippen LogP contribution in [0.25, 0.3) is 0 Å². The Morgan fingerprint density at radius 2 is 2.05 bits per heavy atom. The van der Waals surface area contributed by atoms with E-state index in [1.165, 1.54) is 6.33 Å². The van der Waals surface area contributed by atoms with E-state index in [9.17, 15) is 10.1 Å². The Balaban J connectivity index is 1.92. The molecule has 0 spiro atoms. The minimum absolute atomic E-state index is 0.0826. The van der Waals surface area contributed by atoms with E-state index in [-0.39, 0.29) is 17.3 Å². The molecule has 1 aromatic carbocycles. The summed E-state index contributed by atoms with van der Waals surface area (Å²) in [6, 6.07) is 9.26. The first-order chi connectivity index (χ1) is 9.68. The van der Waals surface area contributed by atoms with Gasteiger partial charge in [-0.3, -0.25) is 10.1 Å². The predicted molar refractivity (Wildman–Crippen MR) is 73.5 cm³/mol. The lowest BCUT2D eigenvalue weighted by molar-refractivity contribution is -0.383. The van der Waals surface area contributed by atoms with E-state index in [0.29, 0.717) is 13.2 Å². The van der Waals surface area contributed by atoms with Gasteiger partial charge in [0.2, 0.25) is 11.6 Å². The second kappa shape index (κ2) is 6.32. The quantitative estimate of drug-likeness (QED) is 0.465. The van der Waals surface area contributed by atoms with Gasteiger partial charge in [-0.1, -0.05) is 18.2 Å². The lowest BCUT2D eigenvalue weighted by Crippen LogP contribution is -2.14. The van der Waals surface area contributed by atoms with Crippen LogP contribution in [0.1, 0.15) is 0 Å². The lowest BCUT2D eigenvalue weighted by atomic mass is 10.3. The van der Waals surface area contributed by atoms with Crippen molar-refractivity contribution < 1.29 is 9.66 Å². The number of anilines is 2. The number of nitrogens with zero attached hydrogens (tertiary/aromatic N) is 3. The second-order valence-electron chi connectivity index (χ2n) is 3.80. The molecule has 0 bridgehead atoms. The summed E-state index contributed by atoms with van der Waals surface area (Å²) in [6.07, 6.45) is 1.17. The van der Waals surface area contributed by atoms with Gasteiger partial charge in [0.05, 0.1) is 11.5 Å². The van der Waals surface area contributed by atoms with E-state index in [1.807, 2.05) is 30.3 Å². The zero-order valence-corrected chi connectivity index (χ0v) is 10.5. The normalized spacial score (nSPS) is 10.0. The number of para-hydroxylation sites is 1. The summed E-state index contributed by atoms with van der Waals surface area (Å²) in [6.45, 7) is 0.692. The number of hydrogen-bond acceptors (Lipinski definition) is 7. The Labute approximate surface area is 114 Å². The molecule has 0 aliphatic heterocycles. The molecule has 0 fully saturated rings. The van der Waals surface area contributed by atoms with Crippen LogP contribution in [-0.4, -0.2) is 28.0 Å². The molecule has 8 nitrogen and oxygen atoms in total. The number of nitrogen functional groups attached to an aromatic ring is 1. The summed E-state index contributed by atoms with van der Waals surface area (Å²) in [7, 11) is 0. The molecule has 0 saturated carbocycles. The molecule has 0 saturated heterocycles. The number of nitro groups is 1. The van der Waals surface area contributed by atoms with Crippen molar-refractivity contribution in [1.29, 1.82) is 0 Å². The van der Waals surface area contributed by atoms with Crippen LogP contribution in [-0.2, 0) is 0 Å². The van der Waals surface area contributed by atoms with Crippen LogP contribution < -0.4 is 15.8 Å². The third kappa shape index (κ3) is 3.31. The third-order valence-corrected chi connectivity index (χ3v) is 2.44. The van der Waals surface area contributed by atoms with Gasteiger partial charge < -0.3 is 15.8 Å². The maximum absolute atomic E-state index is 10.9. The van der Waals surface area contributed by atoms with Crippen molar-refractivity contribution >= 4 is 17.3 Å². The van der Waals surface area contributed by atoms with Crippen LogP contribution in [0.2, 0.25) is 0 Å². The maximum atomic E-state index is 10.9. The van der Waals surface area contributed by atoms with Crippen LogP contribution in [0.4, 0.5) is 17.3 Å². The maximum Gasteiger partial charge on any atom is 0.352 e. The Morgan fingerprint density at radius 1 is 1.30 bits per heavy atom.